The molecule has 104 valence electrons. The summed E-state index contributed by atoms with van der Waals surface area (Å²) in [6.45, 7) is 0. The first-order valence-corrected chi connectivity index (χ1v) is 6.33. The minimum atomic E-state index is -0.471. The van der Waals surface area contributed by atoms with Crippen LogP contribution < -0.4 is 11.3 Å². The van der Waals surface area contributed by atoms with Gasteiger partial charge in [-0.3, -0.25) is 19.6 Å². The van der Waals surface area contributed by atoms with Gasteiger partial charge in [0.05, 0.1) is 16.3 Å². The Hall–Kier alpha value is -2.57. The van der Waals surface area contributed by atoms with Crippen LogP contribution in [0.1, 0.15) is 24.5 Å². The maximum Gasteiger partial charge on any atom is 0.294 e. The largest absolute Gasteiger partial charge is 0.393 e. The highest BCUT2D eigenvalue weighted by Gasteiger charge is 2.31. The van der Waals surface area contributed by atoms with Crippen molar-refractivity contribution in [3.8, 4) is 5.69 Å². The van der Waals surface area contributed by atoms with Gasteiger partial charge in [0.15, 0.2) is 0 Å². The van der Waals surface area contributed by atoms with Crippen molar-refractivity contribution in [2.75, 3.05) is 5.73 Å². The van der Waals surface area contributed by atoms with E-state index in [-0.39, 0.29) is 16.9 Å². The molecule has 1 saturated carbocycles. The third-order valence-electron chi connectivity index (χ3n) is 3.62. The number of nitrogens with two attached hydrogens (primary N) is 1. The number of anilines is 1. The van der Waals surface area contributed by atoms with Crippen LogP contribution in [0.25, 0.3) is 5.69 Å². The van der Waals surface area contributed by atoms with Gasteiger partial charge in [0.2, 0.25) is 0 Å². The van der Waals surface area contributed by atoms with Crippen LogP contribution in [0, 0.1) is 10.1 Å². The fourth-order valence-corrected chi connectivity index (χ4v) is 2.49. The SMILES string of the molecule is Cn1c(C2CC2)c(N)c(=O)n1-c1ccc([N+](=O)[O-])cc1. The van der Waals surface area contributed by atoms with E-state index >= 15 is 0 Å². The van der Waals surface area contributed by atoms with Gasteiger partial charge in [0.1, 0.15) is 5.69 Å². The van der Waals surface area contributed by atoms with Crippen LogP contribution in [0.3, 0.4) is 0 Å². The monoisotopic (exact) mass is 274 g/mol. The van der Waals surface area contributed by atoms with Gasteiger partial charge in [0.25, 0.3) is 11.2 Å². The van der Waals surface area contributed by atoms with E-state index < -0.39 is 4.92 Å². The van der Waals surface area contributed by atoms with Gasteiger partial charge in [-0.05, 0) is 25.0 Å². The normalized spacial score (nSPS) is 14.4. The zero-order valence-electron chi connectivity index (χ0n) is 10.9. The number of aromatic nitrogens is 2. The lowest BCUT2D eigenvalue weighted by Gasteiger charge is -2.09. The minimum absolute atomic E-state index is 0.00797. The Bertz CT molecular complexity index is 738. The Labute approximate surface area is 114 Å². The molecule has 1 heterocycles. The summed E-state index contributed by atoms with van der Waals surface area (Å²) < 4.78 is 3.20. The van der Waals surface area contributed by atoms with Crippen LogP contribution in [0.5, 0.6) is 0 Å². The number of nitrogens with zero attached hydrogens (tertiary/aromatic N) is 3. The van der Waals surface area contributed by atoms with Gasteiger partial charge in [-0.1, -0.05) is 0 Å². The first-order chi connectivity index (χ1) is 9.50. The lowest BCUT2D eigenvalue weighted by Crippen LogP contribution is -2.20. The molecule has 0 saturated heterocycles. The van der Waals surface area contributed by atoms with Crippen molar-refractivity contribution in [3.63, 3.8) is 0 Å². The lowest BCUT2D eigenvalue weighted by molar-refractivity contribution is -0.384. The van der Waals surface area contributed by atoms with Crippen molar-refractivity contribution < 1.29 is 4.92 Å². The van der Waals surface area contributed by atoms with Crippen molar-refractivity contribution in [2.45, 2.75) is 18.8 Å². The van der Waals surface area contributed by atoms with Crippen LogP contribution in [0.4, 0.5) is 11.4 Å². The molecule has 0 amide bonds. The molecule has 1 aliphatic carbocycles. The second kappa shape index (κ2) is 4.22. The number of non-ortho nitro benzene ring substituents is 1. The lowest BCUT2D eigenvalue weighted by atomic mass is 10.2. The van der Waals surface area contributed by atoms with E-state index in [0.717, 1.165) is 18.5 Å². The Balaban J connectivity index is 2.12. The molecule has 1 aromatic carbocycles. The van der Waals surface area contributed by atoms with Crippen molar-refractivity contribution in [3.05, 3.63) is 50.4 Å². The number of hydrogen-bond acceptors (Lipinski definition) is 4. The summed E-state index contributed by atoms with van der Waals surface area (Å²) in [6, 6.07) is 5.86. The van der Waals surface area contributed by atoms with E-state index in [1.54, 1.807) is 23.9 Å². The van der Waals surface area contributed by atoms with Gasteiger partial charge < -0.3 is 5.73 Å². The van der Waals surface area contributed by atoms with Gasteiger partial charge >= 0.3 is 0 Å². The van der Waals surface area contributed by atoms with Crippen LogP contribution in [-0.4, -0.2) is 14.3 Å². The highest BCUT2D eigenvalue weighted by Crippen LogP contribution is 2.41. The molecule has 0 radical (unpaired) electrons. The summed E-state index contributed by atoms with van der Waals surface area (Å²) in [7, 11) is 1.78. The van der Waals surface area contributed by atoms with E-state index in [1.807, 2.05) is 0 Å². The quantitative estimate of drug-likeness (QED) is 0.678. The second-order valence-electron chi connectivity index (χ2n) is 4.99. The molecule has 3 rings (SSSR count). The fourth-order valence-electron chi connectivity index (χ4n) is 2.49. The molecule has 0 spiro atoms. The summed E-state index contributed by atoms with van der Waals surface area (Å²) in [4.78, 5) is 22.4. The van der Waals surface area contributed by atoms with Crippen molar-refractivity contribution in [2.24, 2.45) is 7.05 Å². The Morgan fingerprint density at radius 3 is 2.40 bits per heavy atom. The number of nitro benzene ring substituents is 1. The minimum Gasteiger partial charge on any atom is -0.393 e. The second-order valence-corrected chi connectivity index (χ2v) is 4.99. The summed E-state index contributed by atoms with van der Waals surface area (Å²) >= 11 is 0. The first kappa shape index (κ1) is 12.5. The van der Waals surface area contributed by atoms with Gasteiger partial charge in [-0.2, -0.15) is 0 Å². The van der Waals surface area contributed by atoms with E-state index in [4.69, 9.17) is 5.73 Å². The Morgan fingerprint density at radius 2 is 1.90 bits per heavy atom. The Kier molecular flexibility index (Phi) is 2.63. The van der Waals surface area contributed by atoms with Crippen molar-refractivity contribution in [1.29, 1.82) is 0 Å². The molecule has 20 heavy (non-hydrogen) atoms. The van der Waals surface area contributed by atoms with Crippen LogP contribution in [0.15, 0.2) is 29.1 Å². The number of rotatable bonds is 3. The first-order valence-electron chi connectivity index (χ1n) is 6.33. The molecule has 0 atom stereocenters. The third kappa shape index (κ3) is 1.78. The van der Waals surface area contributed by atoms with Gasteiger partial charge in [-0.25, -0.2) is 4.68 Å². The van der Waals surface area contributed by atoms with Gasteiger partial charge in [0, 0.05) is 25.1 Å². The molecule has 7 nitrogen and oxygen atoms in total. The molecule has 0 bridgehead atoms. The molecule has 2 N–H and O–H groups in total. The molecule has 1 aliphatic rings. The zero-order valence-corrected chi connectivity index (χ0v) is 10.9. The maximum atomic E-state index is 12.2. The Morgan fingerprint density at radius 1 is 1.30 bits per heavy atom. The average Bonchev–Trinajstić information content (AvgIpc) is 3.21. The number of nitrogen functional groups attached to an aromatic ring is 1. The summed E-state index contributed by atoms with van der Waals surface area (Å²) in [5.74, 6) is 0.354. The van der Waals surface area contributed by atoms with Gasteiger partial charge in [-0.15, -0.1) is 0 Å². The topological polar surface area (TPSA) is 96.1 Å². The smallest absolute Gasteiger partial charge is 0.294 e. The van der Waals surface area contributed by atoms with E-state index in [9.17, 15) is 14.9 Å². The molecule has 1 aromatic heterocycles. The maximum absolute atomic E-state index is 12.2. The number of hydrogen-bond donors (Lipinski definition) is 1. The van der Waals surface area contributed by atoms with Crippen LogP contribution >= 0.6 is 0 Å². The zero-order chi connectivity index (χ0) is 14.4. The van der Waals surface area contributed by atoms with E-state index in [2.05, 4.69) is 0 Å². The van der Waals surface area contributed by atoms with E-state index in [0.29, 0.717) is 11.6 Å². The molecular formula is C13H14N4O3. The number of nitro groups is 1. The van der Waals surface area contributed by atoms with Crippen molar-refractivity contribution >= 4 is 11.4 Å². The predicted molar refractivity (Wildman–Crippen MR) is 74.1 cm³/mol. The van der Waals surface area contributed by atoms with Crippen LogP contribution in [-0.2, 0) is 7.05 Å². The highest BCUT2D eigenvalue weighted by molar-refractivity contribution is 5.49. The highest BCUT2D eigenvalue weighted by atomic mass is 16.6. The number of benzene rings is 1. The summed E-state index contributed by atoms with van der Waals surface area (Å²) in [6.07, 6.45) is 2.09. The molecule has 7 heteroatoms. The fraction of sp³-hybridized carbons (Fsp3) is 0.308. The standard InChI is InChI=1S/C13H14N4O3/c1-15-12(8-2-3-8)11(14)13(18)16(15)9-4-6-10(7-5-9)17(19)20/h4-8H,2-3,14H2,1H3. The molecule has 2 aromatic rings. The predicted octanol–water partition coefficient (Wildman–Crippen LogP) is 1.54. The molecule has 0 aliphatic heterocycles. The molecule has 1 fully saturated rings. The summed E-state index contributed by atoms with van der Waals surface area (Å²) in [5, 5.41) is 10.7. The molecule has 0 unspecified atom stereocenters. The summed E-state index contributed by atoms with van der Waals surface area (Å²) in [5.41, 5.74) is 7.31. The average molecular weight is 274 g/mol. The third-order valence-corrected chi connectivity index (χ3v) is 3.62. The van der Waals surface area contributed by atoms with Crippen LogP contribution in [0.2, 0.25) is 0 Å². The van der Waals surface area contributed by atoms with Crippen molar-refractivity contribution in [1.82, 2.24) is 9.36 Å². The molecular weight excluding hydrogens is 260 g/mol. The van der Waals surface area contributed by atoms with E-state index in [1.165, 1.54) is 16.8 Å².